The van der Waals surface area contributed by atoms with Crippen molar-refractivity contribution in [3.63, 3.8) is 0 Å². The predicted molar refractivity (Wildman–Crippen MR) is 117 cm³/mol. The first-order chi connectivity index (χ1) is 13.5. The van der Waals surface area contributed by atoms with E-state index >= 15 is 0 Å². The van der Waals surface area contributed by atoms with Crippen molar-refractivity contribution in [3.8, 4) is 11.8 Å². The molecular weight excluding hydrogens is 392 g/mol. The first kappa shape index (κ1) is 25.0. The Bertz CT molecular complexity index is 730. The third kappa shape index (κ3) is 10.4. The van der Waals surface area contributed by atoms with Gasteiger partial charge < -0.3 is 24.8 Å². The van der Waals surface area contributed by atoms with Gasteiger partial charge in [0.1, 0.15) is 11.4 Å². The molecule has 0 amide bonds. The number of nitrogens with zero attached hydrogens (tertiary/aromatic N) is 2. The molecule has 0 aliphatic rings. The van der Waals surface area contributed by atoms with Gasteiger partial charge in [0.05, 0.1) is 11.1 Å². The molecule has 1 rings (SSSR count). The molecule has 29 heavy (non-hydrogen) atoms. The van der Waals surface area contributed by atoms with Crippen LogP contribution in [0.2, 0.25) is 5.28 Å². The molecule has 0 aliphatic heterocycles. The molecule has 0 aromatic carbocycles. The second-order valence-electron chi connectivity index (χ2n) is 7.91. The van der Waals surface area contributed by atoms with Gasteiger partial charge in [0.25, 0.3) is 0 Å². The summed E-state index contributed by atoms with van der Waals surface area (Å²) < 4.78 is 16.6. The van der Waals surface area contributed by atoms with E-state index in [2.05, 4.69) is 39.0 Å². The van der Waals surface area contributed by atoms with Crippen LogP contribution in [0.15, 0.2) is 18.7 Å². The highest BCUT2D eigenvalue weighted by atomic mass is 35.5. The number of ether oxygens (including phenoxy) is 3. The van der Waals surface area contributed by atoms with Crippen molar-refractivity contribution < 1.29 is 14.2 Å². The van der Waals surface area contributed by atoms with E-state index in [4.69, 9.17) is 25.8 Å². The summed E-state index contributed by atoms with van der Waals surface area (Å²) in [6.07, 6.45) is 0.964. The molecular formula is C21H33ClN4O3. The lowest BCUT2D eigenvalue weighted by Crippen LogP contribution is -2.43. The van der Waals surface area contributed by atoms with Crippen molar-refractivity contribution in [1.82, 2.24) is 15.3 Å². The molecule has 0 saturated carbocycles. The van der Waals surface area contributed by atoms with E-state index in [-0.39, 0.29) is 10.9 Å². The monoisotopic (exact) mass is 424 g/mol. The van der Waals surface area contributed by atoms with Crippen molar-refractivity contribution in [2.24, 2.45) is 0 Å². The van der Waals surface area contributed by atoms with Gasteiger partial charge in [-0.25, -0.2) is 4.98 Å². The summed E-state index contributed by atoms with van der Waals surface area (Å²) in [5.74, 6) is 7.00. The van der Waals surface area contributed by atoms with Gasteiger partial charge in [-0.15, -0.1) is 0 Å². The normalized spacial score (nSPS) is 11.6. The first-order valence-electron chi connectivity index (χ1n) is 9.63. The van der Waals surface area contributed by atoms with Crippen LogP contribution in [-0.4, -0.2) is 47.2 Å². The van der Waals surface area contributed by atoms with E-state index < -0.39 is 11.8 Å². The summed E-state index contributed by atoms with van der Waals surface area (Å²) in [5.41, 5.74) is -0.128. The van der Waals surface area contributed by atoms with Crippen LogP contribution in [0.3, 0.4) is 0 Å². The Kier molecular flexibility index (Phi) is 9.71. The molecule has 1 heterocycles. The number of halogens is 1. The summed E-state index contributed by atoms with van der Waals surface area (Å²) in [4.78, 5) is 8.33. The zero-order valence-electron chi connectivity index (χ0n) is 18.5. The minimum absolute atomic E-state index is 0.133. The summed E-state index contributed by atoms with van der Waals surface area (Å²) in [6.45, 7) is 19.2. The fourth-order valence-electron chi connectivity index (χ4n) is 2.21. The molecule has 0 unspecified atom stereocenters. The molecule has 0 aliphatic carbocycles. The number of rotatable bonds is 10. The summed E-state index contributed by atoms with van der Waals surface area (Å²) in [5, 5.41) is 6.67. The van der Waals surface area contributed by atoms with Crippen molar-refractivity contribution in [2.45, 2.75) is 65.9 Å². The van der Waals surface area contributed by atoms with E-state index in [1.807, 2.05) is 48.5 Å². The van der Waals surface area contributed by atoms with Crippen LogP contribution in [-0.2, 0) is 14.2 Å². The number of nitrogens with one attached hydrogen (secondary N) is 2. The lowest BCUT2D eigenvalue weighted by molar-refractivity contribution is -0.0969. The zero-order chi connectivity index (χ0) is 22.1. The van der Waals surface area contributed by atoms with Gasteiger partial charge in [-0.2, -0.15) is 4.98 Å². The molecule has 0 atom stereocenters. The van der Waals surface area contributed by atoms with E-state index in [0.29, 0.717) is 37.0 Å². The van der Waals surface area contributed by atoms with Crippen molar-refractivity contribution >= 4 is 17.4 Å². The molecule has 2 N–H and O–H groups in total. The van der Waals surface area contributed by atoms with E-state index in [1.165, 1.54) is 0 Å². The van der Waals surface area contributed by atoms with Gasteiger partial charge in [0.15, 0.2) is 5.88 Å². The second-order valence-corrected chi connectivity index (χ2v) is 8.25. The fourth-order valence-corrected chi connectivity index (χ4v) is 2.34. The Morgan fingerprint density at radius 1 is 1.21 bits per heavy atom. The molecule has 1 aromatic heterocycles. The Morgan fingerprint density at radius 3 is 2.38 bits per heavy atom. The largest absolute Gasteiger partial charge is 0.474 e. The van der Waals surface area contributed by atoms with Gasteiger partial charge in [-0.1, -0.05) is 5.92 Å². The van der Waals surface area contributed by atoms with Crippen molar-refractivity contribution in [2.75, 3.05) is 25.1 Å². The first-order valence-corrected chi connectivity index (χ1v) is 10.0. The number of hydrogen-bond donors (Lipinski definition) is 2. The molecule has 0 saturated heterocycles. The standard InChI is InChI=1S/C21H33ClN4O3/c1-9-27-17(28-10-2)12-11-16-13-23-19(22)25-18(16)26-21(7,8)14-24-15(3)29-20(4,5)6/h13,17,24H,3,9-10,14H2,1-2,4-8H3,(H,23,25,26). The molecule has 8 heteroatoms. The SMILES string of the molecule is C=C(NCC(C)(C)Nc1nc(Cl)ncc1C#CC(OCC)OCC)OC(C)(C)C. The van der Waals surface area contributed by atoms with Crippen LogP contribution in [0, 0.1) is 11.8 Å². The van der Waals surface area contributed by atoms with E-state index in [9.17, 15) is 0 Å². The molecule has 0 radical (unpaired) electrons. The minimum Gasteiger partial charge on any atom is -0.474 e. The molecule has 0 fully saturated rings. The number of hydrogen-bond acceptors (Lipinski definition) is 7. The average molecular weight is 425 g/mol. The van der Waals surface area contributed by atoms with Crippen LogP contribution in [0.4, 0.5) is 5.82 Å². The van der Waals surface area contributed by atoms with Gasteiger partial charge in [-0.3, -0.25) is 0 Å². The molecule has 162 valence electrons. The average Bonchev–Trinajstić information content (AvgIpc) is 2.58. The summed E-state index contributed by atoms with van der Waals surface area (Å²) >= 11 is 6.00. The molecule has 7 nitrogen and oxygen atoms in total. The Hall–Kier alpha value is -2.01. The Balaban J connectivity index is 2.92. The van der Waals surface area contributed by atoms with Gasteiger partial charge in [0.2, 0.25) is 11.6 Å². The summed E-state index contributed by atoms with van der Waals surface area (Å²) in [7, 11) is 0. The van der Waals surface area contributed by atoms with Gasteiger partial charge in [-0.05, 0) is 72.6 Å². The lowest BCUT2D eigenvalue weighted by Gasteiger charge is -2.30. The highest BCUT2D eigenvalue weighted by Crippen LogP contribution is 2.19. The number of aromatic nitrogens is 2. The topological polar surface area (TPSA) is 77.5 Å². The predicted octanol–water partition coefficient (Wildman–Crippen LogP) is 3.95. The van der Waals surface area contributed by atoms with E-state index in [1.54, 1.807) is 6.20 Å². The smallest absolute Gasteiger partial charge is 0.224 e. The van der Waals surface area contributed by atoms with Crippen molar-refractivity contribution in [1.29, 1.82) is 0 Å². The van der Waals surface area contributed by atoms with Crippen LogP contribution >= 0.6 is 11.6 Å². The minimum atomic E-state index is -0.610. The van der Waals surface area contributed by atoms with Gasteiger partial charge in [0, 0.05) is 26.0 Å². The van der Waals surface area contributed by atoms with Crippen LogP contribution in [0.5, 0.6) is 0 Å². The Morgan fingerprint density at radius 2 is 1.83 bits per heavy atom. The fraction of sp³-hybridized carbons (Fsp3) is 0.619. The molecule has 0 spiro atoms. The van der Waals surface area contributed by atoms with Crippen LogP contribution in [0.1, 0.15) is 54.0 Å². The van der Waals surface area contributed by atoms with Gasteiger partial charge >= 0.3 is 0 Å². The number of anilines is 1. The molecule has 0 bridgehead atoms. The maximum Gasteiger partial charge on any atom is 0.224 e. The van der Waals surface area contributed by atoms with Crippen LogP contribution < -0.4 is 10.6 Å². The summed E-state index contributed by atoms with van der Waals surface area (Å²) in [6, 6.07) is 0. The maximum absolute atomic E-state index is 6.00. The maximum atomic E-state index is 6.00. The van der Waals surface area contributed by atoms with E-state index in [0.717, 1.165) is 0 Å². The third-order valence-corrected chi connectivity index (χ3v) is 3.52. The quantitative estimate of drug-likeness (QED) is 0.255. The van der Waals surface area contributed by atoms with Crippen LogP contribution in [0.25, 0.3) is 0 Å². The highest BCUT2D eigenvalue weighted by Gasteiger charge is 2.21. The Labute approximate surface area is 179 Å². The molecule has 1 aromatic rings. The second kappa shape index (κ2) is 11.2. The zero-order valence-corrected chi connectivity index (χ0v) is 19.2. The third-order valence-electron chi connectivity index (χ3n) is 3.33. The lowest BCUT2D eigenvalue weighted by atomic mass is 10.1. The van der Waals surface area contributed by atoms with Crippen molar-refractivity contribution in [3.05, 3.63) is 29.5 Å². The highest BCUT2D eigenvalue weighted by molar-refractivity contribution is 6.28.